The molecule has 4 nitrogen and oxygen atoms in total. The van der Waals surface area contributed by atoms with Crippen molar-refractivity contribution in [2.24, 2.45) is 0 Å². The van der Waals surface area contributed by atoms with E-state index in [0.29, 0.717) is 6.54 Å². The summed E-state index contributed by atoms with van der Waals surface area (Å²) in [7, 11) is 4.01. The summed E-state index contributed by atoms with van der Waals surface area (Å²) in [6.45, 7) is 1.55. The van der Waals surface area contributed by atoms with Crippen LogP contribution in [0.25, 0.3) is 0 Å². The first-order valence-electron chi connectivity index (χ1n) is 5.74. The van der Waals surface area contributed by atoms with Crippen molar-refractivity contribution < 1.29 is 9.90 Å². The first-order chi connectivity index (χ1) is 8.19. The van der Waals surface area contributed by atoms with Crippen molar-refractivity contribution in [2.45, 2.75) is 13.0 Å². The zero-order valence-electron chi connectivity index (χ0n) is 10.5. The van der Waals surface area contributed by atoms with Gasteiger partial charge < -0.3 is 14.9 Å². The highest BCUT2D eigenvalue weighted by atomic mass is 16.3. The van der Waals surface area contributed by atoms with Gasteiger partial charge >= 0.3 is 0 Å². The normalized spacial score (nSPS) is 10.6. The maximum absolute atomic E-state index is 11.1. The van der Waals surface area contributed by atoms with Crippen LogP contribution >= 0.6 is 0 Å². The third-order valence-electron chi connectivity index (χ3n) is 2.60. The average Bonchev–Trinajstić information content (AvgIpc) is 2.34. The molecule has 0 aliphatic carbocycles. The first-order valence-corrected chi connectivity index (χ1v) is 5.74. The van der Waals surface area contributed by atoms with Crippen LogP contribution in [-0.2, 0) is 11.4 Å². The van der Waals surface area contributed by atoms with Crippen LogP contribution in [0.3, 0.4) is 0 Å². The Kier molecular flexibility index (Phi) is 5.66. The predicted molar refractivity (Wildman–Crippen MR) is 68.9 cm³/mol. The number of para-hydroxylation sites is 1. The number of carbonyl (C=O) groups excluding carboxylic acids is 1. The van der Waals surface area contributed by atoms with Crippen molar-refractivity contribution >= 4 is 12.1 Å². The number of aliphatic hydroxyl groups is 1. The van der Waals surface area contributed by atoms with E-state index in [0.717, 1.165) is 30.6 Å². The van der Waals surface area contributed by atoms with Crippen molar-refractivity contribution in [2.75, 3.05) is 32.1 Å². The monoisotopic (exact) mass is 236 g/mol. The minimum atomic E-state index is -0.0474. The summed E-state index contributed by atoms with van der Waals surface area (Å²) in [6.07, 6.45) is 1.73. The van der Waals surface area contributed by atoms with Crippen molar-refractivity contribution in [3.63, 3.8) is 0 Å². The molecule has 0 aliphatic rings. The van der Waals surface area contributed by atoms with Crippen LogP contribution in [0.5, 0.6) is 0 Å². The van der Waals surface area contributed by atoms with Crippen LogP contribution in [-0.4, -0.2) is 43.6 Å². The number of nitrogens with zero attached hydrogens (tertiary/aromatic N) is 2. The van der Waals surface area contributed by atoms with Crippen LogP contribution in [0.1, 0.15) is 12.0 Å². The van der Waals surface area contributed by atoms with E-state index in [1.54, 1.807) is 4.90 Å². The summed E-state index contributed by atoms with van der Waals surface area (Å²) in [5, 5.41) is 9.23. The lowest BCUT2D eigenvalue weighted by Gasteiger charge is -2.21. The Hall–Kier alpha value is -1.39. The summed E-state index contributed by atoms with van der Waals surface area (Å²) in [5.74, 6) is 0. The lowest BCUT2D eigenvalue weighted by atomic mass is 10.1. The van der Waals surface area contributed by atoms with E-state index < -0.39 is 0 Å². The molecule has 17 heavy (non-hydrogen) atoms. The molecule has 1 amide bonds. The topological polar surface area (TPSA) is 43.8 Å². The van der Waals surface area contributed by atoms with Crippen molar-refractivity contribution in [3.8, 4) is 0 Å². The molecule has 1 aromatic rings. The number of carbonyl (C=O) groups is 1. The number of rotatable bonds is 7. The quantitative estimate of drug-likeness (QED) is 0.721. The molecule has 1 aromatic carbocycles. The average molecular weight is 236 g/mol. The van der Waals surface area contributed by atoms with Gasteiger partial charge in [-0.25, -0.2) is 0 Å². The second kappa shape index (κ2) is 7.04. The molecule has 0 fully saturated rings. The molecule has 0 saturated heterocycles. The number of hydrogen-bond donors (Lipinski definition) is 1. The van der Waals surface area contributed by atoms with E-state index in [4.69, 9.17) is 0 Å². The molecular formula is C13H20N2O2. The Balaban J connectivity index is 2.69. The molecule has 0 spiro atoms. The summed E-state index contributed by atoms with van der Waals surface area (Å²) in [4.78, 5) is 14.8. The van der Waals surface area contributed by atoms with Gasteiger partial charge in [-0.2, -0.15) is 0 Å². The largest absolute Gasteiger partial charge is 0.392 e. The number of amides is 1. The van der Waals surface area contributed by atoms with Crippen LogP contribution in [0.4, 0.5) is 5.69 Å². The fourth-order valence-electron chi connectivity index (χ4n) is 1.71. The Labute approximate surface area is 102 Å². The Bertz CT molecular complexity index is 353. The highest BCUT2D eigenvalue weighted by Gasteiger charge is 2.09. The van der Waals surface area contributed by atoms with Crippen LogP contribution < -0.4 is 4.90 Å². The second-order valence-corrected chi connectivity index (χ2v) is 4.24. The molecule has 94 valence electrons. The summed E-state index contributed by atoms with van der Waals surface area (Å²) >= 11 is 0. The molecule has 0 heterocycles. The Morgan fingerprint density at radius 2 is 1.94 bits per heavy atom. The molecule has 0 saturated carbocycles. The zero-order chi connectivity index (χ0) is 12.7. The molecule has 0 unspecified atom stereocenters. The molecule has 0 atom stereocenters. The molecule has 4 heteroatoms. The fraction of sp³-hybridized carbons (Fsp3) is 0.462. The van der Waals surface area contributed by atoms with Crippen molar-refractivity contribution in [3.05, 3.63) is 29.8 Å². The highest BCUT2D eigenvalue weighted by Crippen LogP contribution is 2.19. The molecule has 0 aromatic heterocycles. The second-order valence-electron chi connectivity index (χ2n) is 4.24. The van der Waals surface area contributed by atoms with Gasteiger partial charge in [0, 0.05) is 17.8 Å². The van der Waals surface area contributed by atoms with Gasteiger partial charge in [0.15, 0.2) is 0 Å². The Morgan fingerprint density at radius 1 is 1.24 bits per heavy atom. The SMILES string of the molecule is CN(C)CCCN(C=O)c1ccccc1CO. The van der Waals surface area contributed by atoms with Gasteiger partial charge in [-0.05, 0) is 33.1 Å². The predicted octanol–water partition coefficient (Wildman–Crippen LogP) is 1.09. The summed E-state index contributed by atoms with van der Waals surface area (Å²) < 4.78 is 0. The van der Waals surface area contributed by atoms with Crippen LogP contribution in [0.15, 0.2) is 24.3 Å². The molecular weight excluding hydrogens is 216 g/mol. The maximum atomic E-state index is 11.1. The molecule has 0 aliphatic heterocycles. The molecule has 1 N–H and O–H groups in total. The number of aliphatic hydroxyl groups excluding tert-OH is 1. The fourth-order valence-corrected chi connectivity index (χ4v) is 1.71. The van der Waals surface area contributed by atoms with Crippen molar-refractivity contribution in [1.29, 1.82) is 0 Å². The minimum absolute atomic E-state index is 0.0474. The van der Waals surface area contributed by atoms with Gasteiger partial charge in [-0.3, -0.25) is 4.79 Å². The minimum Gasteiger partial charge on any atom is -0.392 e. The molecule has 0 radical (unpaired) electrons. The van der Waals surface area contributed by atoms with Gasteiger partial charge in [0.25, 0.3) is 0 Å². The smallest absolute Gasteiger partial charge is 0.214 e. The third kappa shape index (κ3) is 4.17. The van der Waals surface area contributed by atoms with Gasteiger partial charge in [-0.1, -0.05) is 18.2 Å². The molecule has 0 bridgehead atoms. The summed E-state index contributed by atoms with van der Waals surface area (Å²) in [6, 6.07) is 7.42. The van der Waals surface area contributed by atoms with Gasteiger partial charge in [0.2, 0.25) is 6.41 Å². The standard InChI is InChI=1S/C13H20N2O2/c1-14(2)8-5-9-15(11-17)13-7-4-3-6-12(13)10-16/h3-4,6-7,11,16H,5,8-10H2,1-2H3. The van der Waals surface area contributed by atoms with E-state index in [-0.39, 0.29) is 6.61 Å². The van der Waals surface area contributed by atoms with Gasteiger partial charge in [0.1, 0.15) is 0 Å². The van der Waals surface area contributed by atoms with E-state index in [2.05, 4.69) is 4.90 Å². The Morgan fingerprint density at radius 3 is 2.53 bits per heavy atom. The number of hydrogen-bond acceptors (Lipinski definition) is 3. The van der Waals surface area contributed by atoms with Crippen LogP contribution in [0, 0.1) is 0 Å². The molecule has 1 rings (SSSR count). The van der Waals surface area contributed by atoms with Crippen LogP contribution in [0.2, 0.25) is 0 Å². The lowest BCUT2D eigenvalue weighted by molar-refractivity contribution is -0.107. The summed E-state index contributed by atoms with van der Waals surface area (Å²) in [5.41, 5.74) is 1.58. The lowest BCUT2D eigenvalue weighted by Crippen LogP contribution is -2.26. The van der Waals surface area contributed by atoms with Crippen molar-refractivity contribution in [1.82, 2.24) is 4.90 Å². The first kappa shape index (κ1) is 13.7. The van der Waals surface area contributed by atoms with Gasteiger partial charge in [-0.15, -0.1) is 0 Å². The van der Waals surface area contributed by atoms with E-state index in [9.17, 15) is 9.90 Å². The maximum Gasteiger partial charge on any atom is 0.214 e. The van der Waals surface area contributed by atoms with E-state index in [1.807, 2.05) is 38.4 Å². The van der Waals surface area contributed by atoms with E-state index in [1.165, 1.54) is 0 Å². The van der Waals surface area contributed by atoms with Gasteiger partial charge in [0.05, 0.1) is 6.61 Å². The highest BCUT2D eigenvalue weighted by molar-refractivity contribution is 5.76. The third-order valence-corrected chi connectivity index (χ3v) is 2.60. The number of anilines is 1. The van der Waals surface area contributed by atoms with E-state index >= 15 is 0 Å². The number of benzene rings is 1. The zero-order valence-corrected chi connectivity index (χ0v) is 10.5.